The largest absolute Gasteiger partial charge is 0.358 e. The van der Waals surface area contributed by atoms with Gasteiger partial charge in [-0.2, -0.15) is 0 Å². The standard InChI is InChI=1S/C16H22N2O/c1-17-16(19)15-9-11(6-7-18-15)8-13-10-12-4-2-3-5-14(12)13/h2-5,11,13,15,18H,6-10H2,1H3,(H,17,19). The van der Waals surface area contributed by atoms with Gasteiger partial charge in [0.1, 0.15) is 0 Å². The lowest BCUT2D eigenvalue weighted by atomic mass is 9.71. The molecule has 1 heterocycles. The smallest absolute Gasteiger partial charge is 0.236 e. The molecule has 1 saturated heterocycles. The number of amides is 1. The van der Waals surface area contributed by atoms with Crippen molar-refractivity contribution >= 4 is 5.91 Å². The summed E-state index contributed by atoms with van der Waals surface area (Å²) in [6, 6.07) is 8.78. The third kappa shape index (κ3) is 2.52. The van der Waals surface area contributed by atoms with Gasteiger partial charge in [0.05, 0.1) is 6.04 Å². The van der Waals surface area contributed by atoms with Crippen LogP contribution in [0.4, 0.5) is 0 Å². The molecule has 19 heavy (non-hydrogen) atoms. The van der Waals surface area contributed by atoms with Crippen LogP contribution in [0.5, 0.6) is 0 Å². The Balaban J connectivity index is 1.58. The Morgan fingerprint density at radius 3 is 3.05 bits per heavy atom. The van der Waals surface area contributed by atoms with Gasteiger partial charge < -0.3 is 10.6 Å². The Morgan fingerprint density at radius 1 is 1.42 bits per heavy atom. The van der Waals surface area contributed by atoms with Crippen LogP contribution in [0.25, 0.3) is 0 Å². The summed E-state index contributed by atoms with van der Waals surface area (Å²) in [5.74, 6) is 1.55. The molecule has 1 aromatic carbocycles. The molecule has 2 N–H and O–H groups in total. The summed E-state index contributed by atoms with van der Waals surface area (Å²) in [6.45, 7) is 0.969. The number of hydrogen-bond acceptors (Lipinski definition) is 2. The molecule has 0 bridgehead atoms. The molecular formula is C16H22N2O. The maximum absolute atomic E-state index is 11.7. The molecule has 0 saturated carbocycles. The number of rotatable bonds is 3. The molecule has 3 nitrogen and oxygen atoms in total. The van der Waals surface area contributed by atoms with E-state index in [-0.39, 0.29) is 11.9 Å². The monoisotopic (exact) mass is 258 g/mol. The Morgan fingerprint density at radius 2 is 2.26 bits per heavy atom. The molecule has 0 aromatic heterocycles. The molecule has 0 spiro atoms. The number of carbonyl (C=O) groups is 1. The van der Waals surface area contributed by atoms with E-state index in [2.05, 4.69) is 34.9 Å². The molecular weight excluding hydrogens is 236 g/mol. The second-order valence-corrected chi connectivity index (χ2v) is 5.85. The highest BCUT2D eigenvalue weighted by Gasteiger charge is 2.32. The van der Waals surface area contributed by atoms with Gasteiger partial charge in [-0.1, -0.05) is 24.3 Å². The molecule has 102 valence electrons. The average molecular weight is 258 g/mol. The quantitative estimate of drug-likeness (QED) is 0.868. The molecule has 1 aromatic rings. The lowest BCUT2D eigenvalue weighted by molar-refractivity contribution is -0.123. The van der Waals surface area contributed by atoms with Crippen molar-refractivity contribution in [1.29, 1.82) is 0 Å². The van der Waals surface area contributed by atoms with Crippen LogP contribution in [0.3, 0.4) is 0 Å². The fraction of sp³-hybridized carbons (Fsp3) is 0.562. The van der Waals surface area contributed by atoms with Crippen LogP contribution >= 0.6 is 0 Å². The first-order valence-electron chi connectivity index (χ1n) is 7.30. The molecule has 3 rings (SSSR count). The summed E-state index contributed by atoms with van der Waals surface area (Å²) < 4.78 is 0. The molecule has 1 amide bonds. The molecule has 3 atom stereocenters. The van der Waals surface area contributed by atoms with E-state index in [0.29, 0.717) is 5.92 Å². The van der Waals surface area contributed by atoms with Gasteiger partial charge in [0.25, 0.3) is 0 Å². The van der Waals surface area contributed by atoms with E-state index in [1.54, 1.807) is 7.05 Å². The number of benzene rings is 1. The topological polar surface area (TPSA) is 41.1 Å². The predicted octanol–water partition coefficient (Wildman–Crippen LogP) is 1.83. The van der Waals surface area contributed by atoms with Gasteiger partial charge in [-0.3, -0.25) is 4.79 Å². The van der Waals surface area contributed by atoms with Gasteiger partial charge in [0.2, 0.25) is 5.91 Å². The van der Waals surface area contributed by atoms with Crippen molar-refractivity contribution in [2.45, 2.75) is 37.6 Å². The Bertz CT molecular complexity index is 472. The van der Waals surface area contributed by atoms with Gasteiger partial charge in [-0.15, -0.1) is 0 Å². The van der Waals surface area contributed by atoms with Crippen LogP contribution in [0.15, 0.2) is 24.3 Å². The minimum atomic E-state index is 0.0130. The van der Waals surface area contributed by atoms with Gasteiger partial charge >= 0.3 is 0 Å². The summed E-state index contributed by atoms with van der Waals surface area (Å²) in [6.07, 6.45) is 4.65. The van der Waals surface area contributed by atoms with Crippen LogP contribution in [-0.2, 0) is 11.2 Å². The van der Waals surface area contributed by atoms with E-state index < -0.39 is 0 Å². The van der Waals surface area contributed by atoms with Gasteiger partial charge in [0.15, 0.2) is 0 Å². The van der Waals surface area contributed by atoms with E-state index in [4.69, 9.17) is 0 Å². The summed E-state index contributed by atoms with van der Waals surface area (Å²) in [7, 11) is 1.72. The summed E-state index contributed by atoms with van der Waals surface area (Å²) in [5.41, 5.74) is 3.06. The maximum atomic E-state index is 11.7. The van der Waals surface area contributed by atoms with Gasteiger partial charge in [-0.05, 0) is 55.2 Å². The molecule has 2 aliphatic rings. The highest BCUT2D eigenvalue weighted by atomic mass is 16.2. The Labute approximate surface area is 114 Å². The van der Waals surface area contributed by atoms with Crippen molar-refractivity contribution in [3.8, 4) is 0 Å². The first-order valence-corrected chi connectivity index (χ1v) is 7.30. The molecule has 1 aliphatic heterocycles. The van der Waals surface area contributed by atoms with E-state index in [1.165, 1.54) is 30.4 Å². The van der Waals surface area contributed by atoms with Gasteiger partial charge in [0, 0.05) is 7.05 Å². The van der Waals surface area contributed by atoms with Crippen molar-refractivity contribution in [2.24, 2.45) is 5.92 Å². The first-order chi connectivity index (χ1) is 9.28. The summed E-state index contributed by atoms with van der Waals surface area (Å²) in [4.78, 5) is 11.7. The van der Waals surface area contributed by atoms with Crippen LogP contribution in [0.1, 0.15) is 36.3 Å². The number of nitrogens with one attached hydrogen (secondary N) is 2. The first kappa shape index (κ1) is 12.7. The lowest BCUT2D eigenvalue weighted by Gasteiger charge is -2.36. The predicted molar refractivity (Wildman–Crippen MR) is 76.1 cm³/mol. The Hall–Kier alpha value is -1.35. The lowest BCUT2D eigenvalue weighted by Crippen LogP contribution is -2.48. The number of carbonyl (C=O) groups excluding carboxylic acids is 1. The highest BCUT2D eigenvalue weighted by molar-refractivity contribution is 5.81. The highest BCUT2D eigenvalue weighted by Crippen LogP contribution is 2.41. The normalized spacial score (nSPS) is 29.2. The van der Waals surface area contributed by atoms with E-state index >= 15 is 0 Å². The number of fused-ring (bicyclic) bond motifs is 1. The zero-order valence-corrected chi connectivity index (χ0v) is 11.5. The molecule has 1 aliphatic carbocycles. The fourth-order valence-electron chi connectivity index (χ4n) is 3.56. The van der Waals surface area contributed by atoms with Crippen molar-refractivity contribution in [2.75, 3.05) is 13.6 Å². The second-order valence-electron chi connectivity index (χ2n) is 5.85. The molecule has 3 unspecified atom stereocenters. The summed E-state index contributed by atoms with van der Waals surface area (Å²) in [5, 5.41) is 6.07. The van der Waals surface area contributed by atoms with Gasteiger partial charge in [-0.25, -0.2) is 0 Å². The average Bonchev–Trinajstić information content (AvgIpc) is 2.44. The third-order valence-corrected chi connectivity index (χ3v) is 4.65. The second kappa shape index (κ2) is 5.33. The number of likely N-dealkylation sites (N-methyl/N-ethyl adjacent to an activating group) is 1. The minimum absolute atomic E-state index is 0.0130. The van der Waals surface area contributed by atoms with Crippen molar-refractivity contribution in [1.82, 2.24) is 10.6 Å². The zero-order chi connectivity index (χ0) is 13.2. The van der Waals surface area contributed by atoms with Crippen LogP contribution in [0.2, 0.25) is 0 Å². The SMILES string of the molecule is CNC(=O)C1CC(CC2Cc3ccccc32)CCN1. The number of piperidine rings is 1. The Kier molecular flexibility index (Phi) is 3.56. The molecule has 0 radical (unpaired) electrons. The maximum Gasteiger partial charge on any atom is 0.236 e. The van der Waals surface area contributed by atoms with Crippen molar-refractivity contribution < 1.29 is 4.79 Å². The van der Waals surface area contributed by atoms with Crippen LogP contribution in [0, 0.1) is 5.92 Å². The van der Waals surface area contributed by atoms with Crippen LogP contribution in [-0.4, -0.2) is 25.5 Å². The van der Waals surface area contributed by atoms with E-state index in [9.17, 15) is 4.79 Å². The number of hydrogen-bond donors (Lipinski definition) is 2. The zero-order valence-electron chi connectivity index (χ0n) is 11.5. The van der Waals surface area contributed by atoms with E-state index in [0.717, 1.165) is 18.9 Å². The molecule has 3 heteroatoms. The fourth-order valence-corrected chi connectivity index (χ4v) is 3.56. The van der Waals surface area contributed by atoms with Crippen LogP contribution < -0.4 is 10.6 Å². The summed E-state index contributed by atoms with van der Waals surface area (Å²) >= 11 is 0. The van der Waals surface area contributed by atoms with Crippen molar-refractivity contribution in [3.63, 3.8) is 0 Å². The van der Waals surface area contributed by atoms with E-state index in [1.807, 2.05) is 0 Å². The van der Waals surface area contributed by atoms with Crippen molar-refractivity contribution in [3.05, 3.63) is 35.4 Å². The molecule has 1 fully saturated rings. The minimum Gasteiger partial charge on any atom is -0.358 e. The third-order valence-electron chi connectivity index (χ3n) is 4.65.